The molecule has 0 bridgehead atoms. The summed E-state index contributed by atoms with van der Waals surface area (Å²) in [6, 6.07) is 8.82. The highest BCUT2D eigenvalue weighted by Gasteiger charge is 2.18. The van der Waals surface area contributed by atoms with Crippen LogP contribution in [0, 0.1) is 6.92 Å². The molecule has 0 spiro atoms. The predicted octanol–water partition coefficient (Wildman–Crippen LogP) is 3.34. The first-order valence-corrected chi connectivity index (χ1v) is 8.43. The van der Waals surface area contributed by atoms with E-state index in [0.717, 1.165) is 23.2 Å². The molecule has 26 heavy (non-hydrogen) atoms. The zero-order valence-electron chi connectivity index (χ0n) is 14.9. The Labute approximate surface area is 157 Å². The summed E-state index contributed by atoms with van der Waals surface area (Å²) in [6.45, 7) is 3.61. The number of nitrogens with one attached hydrogen (secondary N) is 1. The van der Waals surface area contributed by atoms with Gasteiger partial charge in [-0.15, -0.1) is 0 Å². The number of para-hydroxylation sites is 1. The number of methoxy groups -OCH3 is 1. The minimum atomic E-state index is -0.642. The molecule has 2 aromatic rings. The number of primary amides is 1. The zero-order valence-corrected chi connectivity index (χ0v) is 15.6. The fourth-order valence-electron chi connectivity index (χ4n) is 2.52. The summed E-state index contributed by atoms with van der Waals surface area (Å²) < 4.78 is 10.5. The molecule has 0 fully saturated rings. The molecule has 2 amide bonds. The topological polar surface area (TPSA) is 90.6 Å². The van der Waals surface area contributed by atoms with Crippen LogP contribution in [0.3, 0.4) is 0 Å². The zero-order chi connectivity index (χ0) is 19.3. The van der Waals surface area contributed by atoms with E-state index in [9.17, 15) is 9.59 Å². The maximum absolute atomic E-state index is 12.7. The van der Waals surface area contributed by atoms with Gasteiger partial charge in [-0.05, 0) is 36.6 Å². The van der Waals surface area contributed by atoms with Crippen molar-refractivity contribution in [2.45, 2.75) is 20.3 Å². The predicted molar refractivity (Wildman–Crippen MR) is 101 cm³/mol. The molecule has 0 aliphatic carbocycles. The van der Waals surface area contributed by atoms with Crippen LogP contribution in [-0.2, 0) is 11.2 Å². The van der Waals surface area contributed by atoms with E-state index in [1.165, 1.54) is 19.2 Å². The molecular weight excluding hydrogens is 356 g/mol. The van der Waals surface area contributed by atoms with Crippen LogP contribution in [0.15, 0.2) is 30.3 Å². The Morgan fingerprint density at radius 3 is 2.62 bits per heavy atom. The van der Waals surface area contributed by atoms with Crippen LogP contribution in [0.5, 0.6) is 11.5 Å². The van der Waals surface area contributed by atoms with E-state index in [4.69, 9.17) is 26.8 Å². The van der Waals surface area contributed by atoms with Gasteiger partial charge in [0.25, 0.3) is 11.8 Å². The third kappa shape index (κ3) is 4.46. The number of anilines is 1. The van der Waals surface area contributed by atoms with Crippen LogP contribution in [0.25, 0.3) is 0 Å². The van der Waals surface area contributed by atoms with Gasteiger partial charge in [0.1, 0.15) is 0 Å². The summed E-state index contributed by atoms with van der Waals surface area (Å²) in [7, 11) is 1.42. The normalized spacial score (nSPS) is 10.3. The van der Waals surface area contributed by atoms with Crippen molar-refractivity contribution in [3.8, 4) is 11.5 Å². The first kappa shape index (κ1) is 19.6. The quantitative estimate of drug-likeness (QED) is 0.775. The van der Waals surface area contributed by atoms with Crippen LogP contribution in [0.1, 0.15) is 28.4 Å². The SMILES string of the molecule is CCc1cccc(C)c1NC(=O)c1cc(Cl)c(OCC(N)=O)c(OC)c1. The average molecular weight is 377 g/mol. The van der Waals surface area contributed by atoms with Gasteiger partial charge < -0.3 is 20.5 Å². The molecule has 0 aliphatic heterocycles. The van der Waals surface area contributed by atoms with Crippen molar-refractivity contribution in [3.05, 3.63) is 52.0 Å². The average Bonchev–Trinajstić information content (AvgIpc) is 2.61. The maximum atomic E-state index is 12.7. The maximum Gasteiger partial charge on any atom is 0.255 e. The standard InChI is InChI=1S/C19H21ClN2O4/c1-4-12-7-5-6-11(2)17(12)22-19(24)13-8-14(20)18(15(9-13)25-3)26-10-16(21)23/h5-9H,4,10H2,1-3H3,(H2,21,23)(H,22,24). The number of rotatable bonds is 7. The van der Waals surface area contributed by atoms with E-state index < -0.39 is 5.91 Å². The highest BCUT2D eigenvalue weighted by molar-refractivity contribution is 6.32. The van der Waals surface area contributed by atoms with Gasteiger partial charge >= 0.3 is 0 Å². The molecular formula is C19H21ClN2O4. The smallest absolute Gasteiger partial charge is 0.255 e. The lowest BCUT2D eigenvalue weighted by molar-refractivity contribution is -0.119. The highest BCUT2D eigenvalue weighted by atomic mass is 35.5. The first-order chi connectivity index (χ1) is 12.4. The number of benzene rings is 2. The van der Waals surface area contributed by atoms with Crippen molar-refractivity contribution in [2.75, 3.05) is 19.0 Å². The Morgan fingerprint density at radius 2 is 2.00 bits per heavy atom. The molecule has 3 N–H and O–H groups in total. The van der Waals surface area contributed by atoms with Gasteiger partial charge in [-0.25, -0.2) is 0 Å². The summed E-state index contributed by atoms with van der Waals surface area (Å²) in [5.74, 6) is -0.564. The lowest BCUT2D eigenvalue weighted by atomic mass is 10.1. The van der Waals surface area contributed by atoms with Gasteiger partial charge in [-0.1, -0.05) is 36.7 Å². The fraction of sp³-hybridized carbons (Fsp3) is 0.263. The lowest BCUT2D eigenvalue weighted by Gasteiger charge is -2.15. The molecule has 0 atom stereocenters. The molecule has 138 valence electrons. The van der Waals surface area contributed by atoms with E-state index >= 15 is 0 Å². The van der Waals surface area contributed by atoms with E-state index in [0.29, 0.717) is 5.56 Å². The second-order valence-corrected chi connectivity index (χ2v) is 6.07. The third-order valence-corrected chi connectivity index (χ3v) is 4.11. The molecule has 6 nitrogen and oxygen atoms in total. The van der Waals surface area contributed by atoms with E-state index in [-0.39, 0.29) is 29.0 Å². The van der Waals surface area contributed by atoms with Crippen LogP contribution < -0.4 is 20.5 Å². The van der Waals surface area contributed by atoms with Crippen LogP contribution in [0.4, 0.5) is 5.69 Å². The molecule has 0 unspecified atom stereocenters. The number of hydrogen-bond acceptors (Lipinski definition) is 4. The highest BCUT2D eigenvalue weighted by Crippen LogP contribution is 2.36. The summed E-state index contributed by atoms with van der Waals surface area (Å²) in [5, 5.41) is 3.08. The third-order valence-electron chi connectivity index (χ3n) is 3.83. The molecule has 0 saturated heterocycles. The van der Waals surface area contributed by atoms with E-state index in [1.54, 1.807) is 0 Å². The van der Waals surface area contributed by atoms with Crippen molar-refractivity contribution in [3.63, 3.8) is 0 Å². The van der Waals surface area contributed by atoms with Crippen molar-refractivity contribution in [1.82, 2.24) is 0 Å². The fourth-order valence-corrected chi connectivity index (χ4v) is 2.79. The monoisotopic (exact) mass is 376 g/mol. The second kappa shape index (κ2) is 8.58. The number of nitrogens with two attached hydrogens (primary N) is 1. The van der Waals surface area contributed by atoms with Gasteiger partial charge in [-0.2, -0.15) is 0 Å². The molecule has 0 aromatic heterocycles. The van der Waals surface area contributed by atoms with Gasteiger partial charge in [0, 0.05) is 11.3 Å². The van der Waals surface area contributed by atoms with Crippen LogP contribution in [-0.4, -0.2) is 25.5 Å². The number of ether oxygens (including phenoxy) is 2. The van der Waals surface area contributed by atoms with Crippen molar-refractivity contribution < 1.29 is 19.1 Å². The Hall–Kier alpha value is -2.73. The molecule has 2 rings (SSSR count). The number of aryl methyl sites for hydroxylation is 2. The van der Waals surface area contributed by atoms with Crippen LogP contribution >= 0.6 is 11.6 Å². The number of carbonyl (C=O) groups excluding carboxylic acids is 2. The summed E-state index contributed by atoms with van der Waals surface area (Å²) >= 11 is 6.20. The Kier molecular flexibility index (Phi) is 6.46. The summed E-state index contributed by atoms with van der Waals surface area (Å²) in [4.78, 5) is 23.6. The molecule has 0 heterocycles. The van der Waals surface area contributed by atoms with Gasteiger partial charge in [0.05, 0.1) is 12.1 Å². The second-order valence-electron chi connectivity index (χ2n) is 5.66. The molecule has 0 saturated carbocycles. The molecule has 2 aromatic carbocycles. The minimum absolute atomic E-state index is 0.149. The van der Waals surface area contributed by atoms with E-state index in [1.807, 2.05) is 32.0 Å². The Morgan fingerprint density at radius 1 is 1.27 bits per heavy atom. The van der Waals surface area contributed by atoms with Crippen molar-refractivity contribution in [1.29, 1.82) is 0 Å². The lowest BCUT2D eigenvalue weighted by Crippen LogP contribution is -2.20. The summed E-state index contributed by atoms with van der Waals surface area (Å²) in [5.41, 5.74) is 8.18. The number of hydrogen-bond donors (Lipinski definition) is 2. The largest absolute Gasteiger partial charge is 0.493 e. The Bertz CT molecular complexity index is 837. The number of halogens is 1. The molecule has 7 heteroatoms. The molecule has 0 radical (unpaired) electrons. The van der Waals surface area contributed by atoms with Crippen molar-refractivity contribution in [2.24, 2.45) is 5.73 Å². The minimum Gasteiger partial charge on any atom is -0.493 e. The Balaban J connectivity index is 2.33. The summed E-state index contributed by atoms with van der Waals surface area (Å²) in [6.07, 6.45) is 0.793. The van der Waals surface area contributed by atoms with Gasteiger partial charge in [0.15, 0.2) is 18.1 Å². The number of carbonyl (C=O) groups is 2. The molecule has 0 aliphatic rings. The van der Waals surface area contributed by atoms with Gasteiger partial charge in [0.2, 0.25) is 0 Å². The van der Waals surface area contributed by atoms with Crippen LogP contribution in [0.2, 0.25) is 5.02 Å². The first-order valence-electron chi connectivity index (χ1n) is 8.05. The van der Waals surface area contributed by atoms with Gasteiger partial charge in [-0.3, -0.25) is 9.59 Å². The van der Waals surface area contributed by atoms with Crippen molar-refractivity contribution >= 4 is 29.1 Å². The number of amides is 2. The van der Waals surface area contributed by atoms with E-state index in [2.05, 4.69) is 5.32 Å².